The van der Waals surface area contributed by atoms with Crippen molar-refractivity contribution in [2.75, 3.05) is 39.6 Å². The van der Waals surface area contributed by atoms with Gasteiger partial charge in [-0.05, 0) is 154 Å². The Morgan fingerprint density at radius 2 is 0.453 bits per heavy atom. The number of hydrogen-bond acceptors (Lipinski definition) is 14. The van der Waals surface area contributed by atoms with Crippen molar-refractivity contribution in [2.24, 2.45) is 0 Å². The zero-order valence-corrected chi connectivity index (χ0v) is 75.6. The summed E-state index contributed by atoms with van der Waals surface area (Å²) in [5, 5.41) is 20.7. The Balaban J connectivity index is 4.46. The van der Waals surface area contributed by atoms with E-state index in [-0.39, 0.29) is 19.3 Å². The summed E-state index contributed by atoms with van der Waals surface area (Å²) in [4.78, 5) is 58.9. The predicted octanol–water partition coefficient (Wildman–Crippen LogP) is 28.7. The molecule has 0 rings (SSSR count). The third-order valence-corrected chi connectivity index (χ3v) is 21.3. The molecule has 0 aromatic heterocycles. The van der Waals surface area contributed by atoms with E-state index >= 15 is 0 Å². The van der Waals surface area contributed by atoms with E-state index in [1.54, 1.807) is 0 Å². The van der Waals surface area contributed by atoms with E-state index in [1.807, 2.05) is 0 Å². The molecular formula is C99H168O16P2. The summed E-state index contributed by atoms with van der Waals surface area (Å²) >= 11 is 0. The lowest BCUT2D eigenvalue weighted by Gasteiger charge is -2.21. The standard InChI is InChI=1S/C99H168O16P2/c1-4-7-10-13-16-19-22-25-28-30-32-34-36-38-40-42-44-46-48-50-52-54-56-58-60-62-65-67-70-73-76-79-82-85-97(102)109-88-94(100)89-111-116(105,106)112-90-95(101)91-113-117(107,108)114-93-96(115-99(104)87-84-81-78-75-72-69-64-27-24-21-18-15-12-9-6-3)92-110-98(103)86-83-80-77-74-71-68-66-63-61-59-57-55-53-51-49-47-45-43-41-39-37-35-33-31-29-26-23-20-17-14-11-8-5-2/h7-8,10-11,16-21,25-29,32-35,38-41,44-47,64,94-96,100-101H,4-6,9,12-15,22-24,30-31,36-37,42-43,48-63,65-93H2,1-3H3,(H,105,106)(H,107,108)/b10-7-,11-8-,19-16-,20-17-,21-18-,28-25-,29-26-,34-32-,35-33-,40-38-,41-39-,46-44-,47-45-,64-27-. The molecule has 16 nitrogen and oxygen atoms in total. The fourth-order valence-electron chi connectivity index (χ4n) is 12.4. The number of carbonyl (C=O) groups is 3. The topological polar surface area (TPSA) is 231 Å². The van der Waals surface area contributed by atoms with Crippen molar-refractivity contribution in [2.45, 2.75) is 399 Å². The lowest BCUT2D eigenvalue weighted by molar-refractivity contribution is -0.161. The number of hydrogen-bond donors (Lipinski definition) is 4. The smallest absolute Gasteiger partial charge is 0.463 e. The minimum atomic E-state index is -4.94. The third kappa shape index (κ3) is 91.5. The van der Waals surface area contributed by atoms with E-state index in [0.717, 1.165) is 180 Å². The number of carbonyl (C=O) groups excluding carboxylic acids is 3. The van der Waals surface area contributed by atoms with Crippen molar-refractivity contribution < 1.29 is 75.8 Å². The summed E-state index contributed by atoms with van der Waals surface area (Å²) in [5.41, 5.74) is 0. The molecule has 0 aromatic carbocycles. The first kappa shape index (κ1) is 112. The number of phosphoric acid groups is 2. The van der Waals surface area contributed by atoms with E-state index in [2.05, 4.69) is 191 Å². The fourth-order valence-corrected chi connectivity index (χ4v) is 14.0. The van der Waals surface area contributed by atoms with Crippen LogP contribution in [0, 0.1) is 0 Å². The highest BCUT2D eigenvalue weighted by Crippen LogP contribution is 2.45. The average Bonchev–Trinajstić information content (AvgIpc) is 0.874. The Hall–Kier alpha value is -5.09. The van der Waals surface area contributed by atoms with Gasteiger partial charge in [0, 0.05) is 19.3 Å². The van der Waals surface area contributed by atoms with E-state index in [0.29, 0.717) is 19.3 Å². The molecule has 0 heterocycles. The quantitative estimate of drug-likeness (QED) is 0.0146. The molecule has 0 aliphatic heterocycles. The summed E-state index contributed by atoms with van der Waals surface area (Å²) < 4.78 is 61.4. The van der Waals surface area contributed by atoms with Gasteiger partial charge in [0.1, 0.15) is 25.4 Å². The first-order chi connectivity index (χ1) is 57.2. The molecule has 0 radical (unpaired) electrons. The normalized spacial score (nSPS) is 14.6. The van der Waals surface area contributed by atoms with Gasteiger partial charge in [-0.1, -0.05) is 377 Å². The lowest BCUT2D eigenvalue weighted by Crippen LogP contribution is -2.30. The predicted molar refractivity (Wildman–Crippen MR) is 491 cm³/mol. The minimum absolute atomic E-state index is 0.0864. The molecular weight excluding hydrogens is 1510 g/mol. The van der Waals surface area contributed by atoms with Crippen LogP contribution < -0.4 is 0 Å². The van der Waals surface area contributed by atoms with Crippen LogP contribution in [0.5, 0.6) is 0 Å². The highest BCUT2D eigenvalue weighted by molar-refractivity contribution is 7.47. The molecule has 5 atom stereocenters. The zero-order chi connectivity index (χ0) is 85.1. The van der Waals surface area contributed by atoms with Crippen LogP contribution in [-0.4, -0.2) is 95.9 Å². The summed E-state index contributed by atoms with van der Waals surface area (Å²) in [6.07, 6.45) is 117. The second-order valence-corrected chi connectivity index (χ2v) is 33.6. The molecule has 0 spiro atoms. The van der Waals surface area contributed by atoms with Gasteiger partial charge in [-0.15, -0.1) is 0 Å². The minimum Gasteiger partial charge on any atom is -0.463 e. The molecule has 4 N–H and O–H groups in total. The maximum absolute atomic E-state index is 13.0. The molecule has 0 fully saturated rings. The van der Waals surface area contributed by atoms with Crippen LogP contribution in [0.25, 0.3) is 0 Å². The molecule has 0 amide bonds. The number of ether oxygens (including phenoxy) is 3. The molecule has 18 heteroatoms. The van der Waals surface area contributed by atoms with Crippen LogP contribution in [0.1, 0.15) is 380 Å². The number of esters is 3. The van der Waals surface area contributed by atoms with Crippen molar-refractivity contribution in [1.82, 2.24) is 0 Å². The average molecular weight is 1680 g/mol. The van der Waals surface area contributed by atoms with Crippen molar-refractivity contribution in [3.8, 4) is 0 Å². The van der Waals surface area contributed by atoms with Gasteiger partial charge >= 0.3 is 33.6 Å². The number of aliphatic hydroxyl groups excluding tert-OH is 2. The van der Waals surface area contributed by atoms with E-state index in [4.69, 9.17) is 32.3 Å². The van der Waals surface area contributed by atoms with Gasteiger partial charge in [-0.2, -0.15) is 0 Å². The van der Waals surface area contributed by atoms with E-state index < -0.39 is 91.5 Å². The lowest BCUT2D eigenvalue weighted by atomic mass is 10.0. The maximum atomic E-state index is 13.0. The molecule has 0 aliphatic rings. The number of phosphoric ester groups is 2. The maximum Gasteiger partial charge on any atom is 0.472 e. The number of aliphatic hydroxyl groups is 2. The van der Waals surface area contributed by atoms with Gasteiger partial charge in [0.05, 0.1) is 26.4 Å². The Bertz CT molecular complexity index is 2810. The Morgan fingerprint density at radius 3 is 0.718 bits per heavy atom. The number of allylic oxidation sites excluding steroid dienone is 28. The third-order valence-electron chi connectivity index (χ3n) is 19.4. The van der Waals surface area contributed by atoms with Gasteiger partial charge in [-0.3, -0.25) is 32.5 Å². The van der Waals surface area contributed by atoms with Gasteiger partial charge < -0.3 is 34.2 Å². The highest BCUT2D eigenvalue weighted by atomic mass is 31.2. The van der Waals surface area contributed by atoms with Crippen LogP contribution in [0.3, 0.4) is 0 Å². The summed E-state index contributed by atoms with van der Waals surface area (Å²) in [5.74, 6) is -1.58. The van der Waals surface area contributed by atoms with Crippen molar-refractivity contribution in [3.63, 3.8) is 0 Å². The number of rotatable bonds is 87. The Kier molecular flexibility index (Phi) is 86.2. The molecule has 0 aliphatic carbocycles. The van der Waals surface area contributed by atoms with E-state index in [1.165, 1.54) is 141 Å². The van der Waals surface area contributed by atoms with Gasteiger partial charge in [0.15, 0.2) is 6.10 Å². The van der Waals surface area contributed by atoms with Crippen LogP contribution >= 0.6 is 15.6 Å². The van der Waals surface area contributed by atoms with Crippen LogP contribution in [-0.2, 0) is 55.8 Å². The first-order valence-electron chi connectivity index (χ1n) is 46.4. The monoisotopic (exact) mass is 1680 g/mol. The number of unbranched alkanes of at least 4 members (excludes halogenated alkanes) is 36. The molecule has 0 aromatic rings. The van der Waals surface area contributed by atoms with Crippen molar-refractivity contribution in [3.05, 3.63) is 170 Å². The first-order valence-corrected chi connectivity index (χ1v) is 49.4. The summed E-state index contributed by atoms with van der Waals surface area (Å²) in [7, 11) is -9.81. The second-order valence-electron chi connectivity index (χ2n) is 30.7. The van der Waals surface area contributed by atoms with Crippen LogP contribution in [0.4, 0.5) is 0 Å². The Labute approximate surface area is 713 Å². The van der Waals surface area contributed by atoms with Crippen LogP contribution in [0.2, 0.25) is 0 Å². The van der Waals surface area contributed by atoms with Crippen molar-refractivity contribution in [1.29, 1.82) is 0 Å². The summed E-state index contributed by atoms with van der Waals surface area (Å²) in [6.45, 7) is 2.45. The molecule has 0 saturated carbocycles. The molecule has 5 unspecified atom stereocenters. The van der Waals surface area contributed by atoms with E-state index in [9.17, 15) is 43.5 Å². The summed E-state index contributed by atoms with van der Waals surface area (Å²) in [6, 6.07) is 0. The van der Waals surface area contributed by atoms with Gasteiger partial charge in [0.2, 0.25) is 0 Å². The SMILES string of the molecule is CC/C=C\C/C=C\C/C=C\C/C=C\C/C=C\C/C=C\CCCCCCCCCCCCCCCCC(=O)OCC(O)COP(=O)(O)OCC(O)COP(=O)(O)OCC(COC(=O)CCCCCCCCCCCCCCCC/C=C\C/C=C\C/C=C\C/C=C\C/C=C\C/C=C\CC)OC(=O)CCCCCCC/C=C\C/C=C\CCCCC. The largest absolute Gasteiger partial charge is 0.472 e. The van der Waals surface area contributed by atoms with Gasteiger partial charge in [0.25, 0.3) is 0 Å². The van der Waals surface area contributed by atoms with Crippen molar-refractivity contribution >= 4 is 33.6 Å². The molecule has 117 heavy (non-hydrogen) atoms. The molecule has 670 valence electrons. The highest BCUT2D eigenvalue weighted by Gasteiger charge is 2.29. The Morgan fingerprint density at radius 1 is 0.248 bits per heavy atom. The fraction of sp³-hybridized carbons (Fsp3) is 0.687. The van der Waals surface area contributed by atoms with Gasteiger partial charge in [-0.25, -0.2) is 9.13 Å². The zero-order valence-electron chi connectivity index (χ0n) is 73.8. The van der Waals surface area contributed by atoms with Crippen LogP contribution in [0.15, 0.2) is 170 Å². The second kappa shape index (κ2) is 90.2. The molecule has 0 saturated heterocycles. The molecule has 0 bridgehead atoms.